The average molecular weight is 404 g/mol. The van der Waals surface area contributed by atoms with Crippen LogP contribution in [-0.4, -0.2) is 50.7 Å². The van der Waals surface area contributed by atoms with Gasteiger partial charge in [0.2, 0.25) is 5.95 Å². The van der Waals surface area contributed by atoms with Crippen LogP contribution in [0.4, 0.5) is 10.2 Å². The number of anilines is 1. The lowest BCUT2D eigenvalue weighted by molar-refractivity contribution is 0.0985. The van der Waals surface area contributed by atoms with E-state index in [4.69, 9.17) is 14.7 Å². The standard InChI is InChI=1S/C22H21FN6O/c1-13-12-30-10-9-29(13)20-11-18(15-3-4-19(23)26-14(15)2)27-22(28-20)17-6-8-25-21-16(17)5-7-24-21/h3-8,11,13H,9-10,12H2,1-2H3,(H,24,25)/t13-/m1/s1. The molecule has 0 radical (unpaired) electrons. The van der Waals surface area contributed by atoms with Gasteiger partial charge in [-0.3, -0.25) is 0 Å². The van der Waals surface area contributed by atoms with Crippen molar-refractivity contribution in [2.75, 3.05) is 24.7 Å². The number of pyridine rings is 2. The molecule has 5 heterocycles. The smallest absolute Gasteiger partial charge is 0.213 e. The maximum Gasteiger partial charge on any atom is 0.213 e. The fraction of sp³-hybridized carbons (Fsp3) is 0.273. The molecule has 1 N–H and O–H groups in total. The molecule has 5 rings (SSSR count). The lowest BCUT2D eigenvalue weighted by Gasteiger charge is -2.34. The number of fused-ring (bicyclic) bond motifs is 1. The van der Waals surface area contributed by atoms with Crippen LogP contribution in [0.3, 0.4) is 0 Å². The first-order chi connectivity index (χ1) is 14.6. The number of nitrogens with zero attached hydrogens (tertiary/aromatic N) is 5. The van der Waals surface area contributed by atoms with Gasteiger partial charge in [-0.25, -0.2) is 19.9 Å². The third kappa shape index (κ3) is 3.29. The summed E-state index contributed by atoms with van der Waals surface area (Å²) in [5.41, 5.74) is 3.74. The molecule has 152 valence electrons. The maximum atomic E-state index is 13.6. The van der Waals surface area contributed by atoms with Gasteiger partial charge in [-0.15, -0.1) is 0 Å². The van der Waals surface area contributed by atoms with Crippen molar-refractivity contribution in [1.82, 2.24) is 24.9 Å². The van der Waals surface area contributed by atoms with Gasteiger partial charge in [0, 0.05) is 47.2 Å². The van der Waals surface area contributed by atoms with E-state index in [1.807, 2.05) is 24.4 Å². The van der Waals surface area contributed by atoms with E-state index >= 15 is 0 Å². The third-order valence-electron chi connectivity index (χ3n) is 5.40. The van der Waals surface area contributed by atoms with Crippen LogP contribution in [-0.2, 0) is 4.74 Å². The summed E-state index contributed by atoms with van der Waals surface area (Å²) in [6, 6.07) is 9.09. The molecule has 1 aliphatic heterocycles. The van der Waals surface area contributed by atoms with Gasteiger partial charge in [0.25, 0.3) is 0 Å². The Kier molecular flexibility index (Phi) is 4.63. The van der Waals surface area contributed by atoms with Crippen molar-refractivity contribution in [2.24, 2.45) is 0 Å². The van der Waals surface area contributed by atoms with E-state index in [1.165, 1.54) is 6.07 Å². The fourth-order valence-corrected chi connectivity index (χ4v) is 3.86. The molecule has 1 saturated heterocycles. The zero-order valence-corrected chi connectivity index (χ0v) is 16.8. The van der Waals surface area contributed by atoms with Gasteiger partial charge in [-0.05, 0) is 38.1 Å². The molecule has 7 nitrogen and oxygen atoms in total. The highest BCUT2D eigenvalue weighted by Crippen LogP contribution is 2.31. The molecular formula is C22H21FN6O. The molecule has 0 aliphatic carbocycles. The number of halogens is 1. The van der Waals surface area contributed by atoms with E-state index in [-0.39, 0.29) is 6.04 Å². The Morgan fingerprint density at radius 3 is 2.87 bits per heavy atom. The van der Waals surface area contributed by atoms with Crippen molar-refractivity contribution in [3.8, 4) is 22.6 Å². The molecule has 0 aromatic carbocycles. The number of aryl methyl sites for hydroxylation is 1. The van der Waals surface area contributed by atoms with Gasteiger partial charge in [0.1, 0.15) is 11.5 Å². The van der Waals surface area contributed by atoms with Crippen LogP contribution in [0.15, 0.2) is 42.7 Å². The fourth-order valence-electron chi connectivity index (χ4n) is 3.86. The summed E-state index contributed by atoms with van der Waals surface area (Å²) >= 11 is 0. The van der Waals surface area contributed by atoms with Crippen molar-refractivity contribution in [3.05, 3.63) is 54.4 Å². The van der Waals surface area contributed by atoms with Crippen LogP contribution in [0.2, 0.25) is 0 Å². The third-order valence-corrected chi connectivity index (χ3v) is 5.40. The molecule has 0 amide bonds. The number of aromatic nitrogens is 5. The highest BCUT2D eigenvalue weighted by molar-refractivity contribution is 5.91. The number of morpholine rings is 1. The van der Waals surface area contributed by atoms with Gasteiger partial charge in [0.15, 0.2) is 5.82 Å². The van der Waals surface area contributed by atoms with Crippen LogP contribution in [0.5, 0.6) is 0 Å². The first kappa shape index (κ1) is 18.6. The second-order valence-electron chi connectivity index (χ2n) is 7.42. The predicted molar refractivity (Wildman–Crippen MR) is 113 cm³/mol. The van der Waals surface area contributed by atoms with Crippen molar-refractivity contribution >= 4 is 16.9 Å². The van der Waals surface area contributed by atoms with Gasteiger partial charge >= 0.3 is 0 Å². The zero-order valence-electron chi connectivity index (χ0n) is 16.8. The first-order valence-electron chi connectivity index (χ1n) is 9.89. The van der Waals surface area contributed by atoms with E-state index in [1.54, 1.807) is 19.2 Å². The Labute approximate surface area is 173 Å². The number of H-pyrrole nitrogens is 1. The summed E-state index contributed by atoms with van der Waals surface area (Å²) in [6.07, 6.45) is 3.59. The minimum Gasteiger partial charge on any atom is -0.377 e. The van der Waals surface area contributed by atoms with Crippen molar-refractivity contribution in [1.29, 1.82) is 0 Å². The number of aromatic amines is 1. The molecule has 4 aromatic rings. The molecule has 0 saturated carbocycles. The molecule has 4 aromatic heterocycles. The molecule has 1 fully saturated rings. The van der Waals surface area contributed by atoms with Crippen LogP contribution >= 0.6 is 0 Å². The molecule has 8 heteroatoms. The monoisotopic (exact) mass is 404 g/mol. The summed E-state index contributed by atoms with van der Waals surface area (Å²) in [5.74, 6) is 0.905. The highest BCUT2D eigenvalue weighted by Gasteiger charge is 2.23. The van der Waals surface area contributed by atoms with E-state index in [0.29, 0.717) is 30.4 Å². The molecule has 0 bridgehead atoms. The van der Waals surface area contributed by atoms with E-state index < -0.39 is 5.95 Å². The summed E-state index contributed by atoms with van der Waals surface area (Å²) in [6.45, 7) is 5.93. The normalized spacial score (nSPS) is 16.9. The number of hydrogen-bond donors (Lipinski definition) is 1. The van der Waals surface area contributed by atoms with Crippen molar-refractivity contribution in [3.63, 3.8) is 0 Å². The SMILES string of the molecule is Cc1nc(F)ccc1-c1cc(N2CCOC[C@H]2C)nc(-c2ccnc3[nH]ccc23)n1. The van der Waals surface area contributed by atoms with E-state index in [0.717, 1.165) is 34.5 Å². The summed E-state index contributed by atoms with van der Waals surface area (Å²) in [7, 11) is 0. The molecule has 1 atom stereocenters. The maximum absolute atomic E-state index is 13.6. The quantitative estimate of drug-likeness (QED) is 0.524. The Morgan fingerprint density at radius 2 is 2.03 bits per heavy atom. The number of rotatable bonds is 3. The van der Waals surface area contributed by atoms with Gasteiger partial charge in [-0.2, -0.15) is 4.39 Å². The zero-order chi connectivity index (χ0) is 20.7. The number of hydrogen-bond acceptors (Lipinski definition) is 6. The number of nitrogens with one attached hydrogen (secondary N) is 1. The van der Waals surface area contributed by atoms with Gasteiger partial charge in [-0.1, -0.05) is 0 Å². The second-order valence-corrected chi connectivity index (χ2v) is 7.42. The average Bonchev–Trinajstić information content (AvgIpc) is 3.23. The van der Waals surface area contributed by atoms with Gasteiger partial charge < -0.3 is 14.6 Å². The minimum atomic E-state index is -0.504. The minimum absolute atomic E-state index is 0.187. The van der Waals surface area contributed by atoms with Crippen LogP contribution in [0, 0.1) is 12.9 Å². The Morgan fingerprint density at radius 1 is 1.13 bits per heavy atom. The molecule has 0 spiro atoms. The second kappa shape index (κ2) is 7.46. The lowest BCUT2D eigenvalue weighted by atomic mass is 10.1. The predicted octanol–water partition coefficient (Wildman–Crippen LogP) is 3.75. The van der Waals surface area contributed by atoms with Crippen molar-refractivity contribution < 1.29 is 9.13 Å². The summed E-state index contributed by atoms with van der Waals surface area (Å²) in [4.78, 5) is 23.4. The van der Waals surface area contributed by atoms with Crippen molar-refractivity contribution in [2.45, 2.75) is 19.9 Å². The Bertz CT molecular complexity index is 1220. The molecule has 1 aliphatic rings. The summed E-state index contributed by atoms with van der Waals surface area (Å²) in [5, 5.41) is 0.949. The van der Waals surface area contributed by atoms with E-state index in [9.17, 15) is 4.39 Å². The largest absolute Gasteiger partial charge is 0.377 e. The summed E-state index contributed by atoms with van der Waals surface area (Å²) < 4.78 is 19.2. The Balaban J connectivity index is 1.72. The van der Waals surface area contributed by atoms with Gasteiger partial charge in [0.05, 0.1) is 24.9 Å². The topological polar surface area (TPSA) is 79.8 Å². The van der Waals surface area contributed by atoms with Crippen LogP contribution in [0.25, 0.3) is 33.7 Å². The molecular weight excluding hydrogens is 383 g/mol. The molecule has 30 heavy (non-hydrogen) atoms. The highest BCUT2D eigenvalue weighted by atomic mass is 19.1. The first-order valence-corrected chi connectivity index (χ1v) is 9.89. The Hall–Kier alpha value is -3.39. The van der Waals surface area contributed by atoms with E-state index in [2.05, 4.69) is 26.8 Å². The number of ether oxygens (including phenoxy) is 1. The van der Waals surface area contributed by atoms with Crippen LogP contribution in [0.1, 0.15) is 12.6 Å². The molecule has 0 unspecified atom stereocenters. The lowest BCUT2D eigenvalue weighted by Crippen LogP contribution is -2.44. The van der Waals surface area contributed by atoms with Crippen LogP contribution < -0.4 is 4.90 Å².